The summed E-state index contributed by atoms with van der Waals surface area (Å²) in [5, 5.41) is 18.2. The minimum Gasteiger partial charge on any atom is -0.462 e. The van der Waals surface area contributed by atoms with E-state index in [4.69, 9.17) is 19.1 Å². The number of ether oxygens (including phenoxy) is 2. The van der Waals surface area contributed by atoms with Gasteiger partial charge in [-0.3, -0.25) is 18.6 Å². The van der Waals surface area contributed by atoms with Crippen molar-refractivity contribution < 1.29 is 47.8 Å². The van der Waals surface area contributed by atoms with Crippen molar-refractivity contribution in [1.29, 1.82) is 0 Å². The van der Waals surface area contributed by atoms with Gasteiger partial charge in [-0.1, -0.05) is 122 Å². The van der Waals surface area contributed by atoms with Crippen LogP contribution in [0.3, 0.4) is 0 Å². The number of phosphoric ester groups is 1. The van der Waals surface area contributed by atoms with Crippen molar-refractivity contribution >= 4 is 19.8 Å². The van der Waals surface area contributed by atoms with E-state index in [1.165, 1.54) is 51.4 Å². The maximum absolute atomic E-state index is 12.5. The molecule has 3 N–H and O–H groups in total. The van der Waals surface area contributed by atoms with Crippen LogP contribution in [0.5, 0.6) is 0 Å². The molecular weight excluding hydrogens is 599 g/mol. The van der Waals surface area contributed by atoms with Crippen molar-refractivity contribution in [3.8, 4) is 0 Å². The summed E-state index contributed by atoms with van der Waals surface area (Å²) < 4.78 is 32.4. The Hall–Kier alpha value is -1.29. The Morgan fingerprint density at radius 2 is 1.13 bits per heavy atom. The van der Waals surface area contributed by atoms with Crippen molar-refractivity contribution in [2.45, 2.75) is 167 Å². The van der Waals surface area contributed by atoms with Gasteiger partial charge in [0, 0.05) is 12.8 Å². The van der Waals surface area contributed by atoms with Crippen LogP contribution in [0.4, 0.5) is 0 Å². The number of rotatable bonds is 33. The third-order valence-corrected chi connectivity index (χ3v) is 8.35. The first-order chi connectivity index (χ1) is 21.7. The number of carbonyl (C=O) groups excluding carboxylic acids is 2. The van der Waals surface area contributed by atoms with Gasteiger partial charge >= 0.3 is 19.8 Å². The van der Waals surface area contributed by atoms with Crippen LogP contribution in [-0.4, -0.2) is 65.7 Å². The van der Waals surface area contributed by atoms with Gasteiger partial charge in [0.2, 0.25) is 0 Å². The molecule has 0 aliphatic carbocycles. The number of aliphatic hydroxyl groups is 2. The molecule has 0 aromatic rings. The SMILES string of the molecule is CCC/C=C\CCCCCCCC(=O)OC(COC(=O)CCCCCCCCCCCCCC)COP(=O)(O)OCC(O)CO. The fourth-order valence-electron chi connectivity index (χ4n) is 4.64. The summed E-state index contributed by atoms with van der Waals surface area (Å²) in [6.07, 6.45) is 24.8. The quantitative estimate of drug-likeness (QED) is 0.0272. The predicted octanol–water partition coefficient (Wildman–Crippen LogP) is 8.11. The number of hydrogen-bond donors (Lipinski definition) is 3. The van der Waals surface area contributed by atoms with E-state index in [9.17, 15) is 24.2 Å². The van der Waals surface area contributed by atoms with E-state index in [-0.39, 0.29) is 19.4 Å². The lowest BCUT2D eigenvalue weighted by Gasteiger charge is -2.20. The van der Waals surface area contributed by atoms with Gasteiger partial charge in [0.25, 0.3) is 0 Å². The van der Waals surface area contributed by atoms with Gasteiger partial charge < -0.3 is 24.6 Å². The van der Waals surface area contributed by atoms with Gasteiger partial charge in [0.05, 0.1) is 19.8 Å². The molecule has 0 aliphatic rings. The molecule has 3 atom stereocenters. The van der Waals surface area contributed by atoms with E-state index < -0.39 is 51.8 Å². The van der Waals surface area contributed by atoms with Crippen molar-refractivity contribution in [3.63, 3.8) is 0 Å². The smallest absolute Gasteiger partial charge is 0.462 e. The molecular formula is C34H65O10P. The maximum atomic E-state index is 12.5. The van der Waals surface area contributed by atoms with E-state index in [0.717, 1.165) is 64.2 Å². The van der Waals surface area contributed by atoms with Crippen LogP contribution < -0.4 is 0 Å². The summed E-state index contributed by atoms with van der Waals surface area (Å²) in [6.45, 7) is 2.28. The third-order valence-electron chi connectivity index (χ3n) is 7.40. The Balaban J connectivity index is 4.40. The molecule has 11 heteroatoms. The molecule has 45 heavy (non-hydrogen) atoms. The largest absolute Gasteiger partial charge is 0.472 e. The molecule has 0 aromatic carbocycles. The van der Waals surface area contributed by atoms with Crippen LogP contribution in [0.1, 0.15) is 155 Å². The van der Waals surface area contributed by atoms with Crippen LogP contribution in [0.15, 0.2) is 12.2 Å². The van der Waals surface area contributed by atoms with E-state index >= 15 is 0 Å². The number of hydrogen-bond acceptors (Lipinski definition) is 9. The summed E-state index contributed by atoms with van der Waals surface area (Å²) in [5.74, 6) is -0.935. The fraction of sp³-hybridized carbons (Fsp3) is 0.882. The zero-order chi connectivity index (χ0) is 33.4. The van der Waals surface area contributed by atoms with Crippen molar-refractivity contribution in [3.05, 3.63) is 12.2 Å². The highest BCUT2D eigenvalue weighted by molar-refractivity contribution is 7.47. The molecule has 0 radical (unpaired) electrons. The normalized spacial score (nSPS) is 14.3. The second-order valence-corrected chi connectivity index (χ2v) is 13.4. The summed E-state index contributed by atoms with van der Waals surface area (Å²) in [6, 6.07) is 0. The molecule has 0 aromatic heterocycles. The first-order valence-electron chi connectivity index (χ1n) is 17.6. The fourth-order valence-corrected chi connectivity index (χ4v) is 5.43. The van der Waals surface area contributed by atoms with Gasteiger partial charge in [0.1, 0.15) is 12.7 Å². The lowest BCUT2D eigenvalue weighted by molar-refractivity contribution is -0.161. The van der Waals surface area contributed by atoms with E-state index in [1.807, 2.05) is 0 Å². The molecule has 266 valence electrons. The number of allylic oxidation sites excluding steroid dienone is 2. The molecule has 0 heterocycles. The van der Waals surface area contributed by atoms with Crippen LogP contribution in [-0.2, 0) is 32.7 Å². The monoisotopic (exact) mass is 664 g/mol. The molecule has 3 unspecified atom stereocenters. The van der Waals surface area contributed by atoms with E-state index in [2.05, 4.69) is 30.5 Å². The average Bonchev–Trinajstić information content (AvgIpc) is 3.02. The van der Waals surface area contributed by atoms with Crippen LogP contribution in [0, 0.1) is 0 Å². The Kier molecular flexibility index (Phi) is 30.4. The molecule has 0 saturated carbocycles. The molecule has 0 aliphatic heterocycles. The maximum Gasteiger partial charge on any atom is 0.472 e. The topological polar surface area (TPSA) is 149 Å². The standard InChI is InChI=1S/C34H65O10P/c1-3-5-7-9-11-13-15-16-18-19-21-23-25-33(37)41-29-32(30-43-45(39,40)42-28-31(36)27-35)44-34(38)26-24-22-20-17-14-12-10-8-6-4-2/h8,10,31-32,35-36H,3-7,9,11-30H2,1-2H3,(H,39,40)/b10-8-. The Morgan fingerprint density at radius 1 is 0.644 bits per heavy atom. The first-order valence-corrected chi connectivity index (χ1v) is 19.1. The second kappa shape index (κ2) is 31.3. The lowest BCUT2D eigenvalue weighted by atomic mass is 10.0. The average molecular weight is 665 g/mol. The molecule has 0 rings (SSSR count). The van der Waals surface area contributed by atoms with Crippen LogP contribution >= 0.6 is 7.82 Å². The molecule has 0 saturated heterocycles. The zero-order valence-corrected chi connectivity index (χ0v) is 29.2. The van der Waals surface area contributed by atoms with Crippen molar-refractivity contribution in [1.82, 2.24) is 0 Å². The Bertz CT molecular complexity index is 776. The van der Waals surface area contributed by atoms with Crippen LogP contribution in [0.25, 0.3) is 0 Å². The second-order valence-electron chi connectivity index (χ2n) is 11.9. The molecule has 10 nitrogen and oxygen atoms in total. The summed E-state index contributed by atoms with van der Waals surface area (Å²) in [7, 11) is -4.60. The number of esters is 2. The minimum atomic E-state index is -4.60. The molecule has 0 amide bonds. The molecule has 0 fully saturated rings. The van der Waals surface area contributed by atoms with Crippen molar-refractivity contribution in [2.75, 3.05) is 26.4 Å². The third kappa shape index (κ3) is 31.1. The zero-order valence-electron chi connectivity index (χ0n) is 28.3. The predicted molar refractivity (Wildman–Crippen MR) is 178 cm³/mol. The molecule has 0 bridgehead atoms. The number of carbonyl (C=O) groups is 2. The highest BCUT2D eigenvalue weighted by Gasteiger charge is 2.27. The Morgan fingerprint density at radius 3 is 1.69 bits per heavy atom. The molecule has 0 spiro atoms. The van der Waals surface area contributed by atoms with E-state index in [1.54, 1.807) is 0 Å². The number of unbranched alkanes of at least 4 members (excludes halogenated alkanes) is 17. The van der Waals surface area contributed by atoms with Gasteiger partial charge in [-0.25, -0.2) is 4.57 Å². The summed E-state index contributed by atoms with van der Waals surface area (Å²) >= 11 is 0. The van der Waals surface area contributed by atoms with Crippen LogP contribution in [0.2, 0.25) is 0 Å². The van der Waals surface area contributed by atoms with Gasteiger partial charge in [0.15, 0.2) is 6.10 Å². The van der Waals surface area contributed by atoms with Crippen molar-refractivity contribution in [2.24, 2.45) is 0 Å². The first kappa shape index (κ1) is 43.7. The summed E-state index contributed by atoms with van der Waals surface area (Å²) in [4.78, 5) is 34.6. The number of phosphoric acid groups is 1. The minimum absolute atomic E-state index is 0.176. The lowest BCUT2D eigenvalue weighted by Crippen LogP contribution is -2.29. The van der Waals surface area contributed by atoms with Gasteiger partial charge in [-0.2, -0.15) is 0 Å². The Labute approximate surface area is 273 Å². The number of aliphatic hydroxyl groups excluding tert-OH is 2. The summed E-state index contributed by atoms with van der Waals surface area (Å²) in [5.41, 5.74) is 0. The highest BCUT2D eigenvalue weighted by Crippen LogP contribution is 2.43. The highest BCUT2D eigenvalue weighted by atomic mass is 31.2. The van der Waals surface area contributed by atoms with Gasteiger partial charge in [-0.15, -0.1) is 0 Å². The van der Waals surface area contributed by atoms with E-state index in [0.29, 0.717) is 12.8 Å². The van der Waals surface area contributed by atoms with Gasteiger partial charge in [-0.05, 0) is 32.1 Å².